The summed E-state index contributed by atoms with van der Waals surface area (Å²) in [6, 6.07) is 8.43. The number of rotatable bonds is 7. The van der Waals surface area contributed by atoms with E-state index in [-0.39, 0.29) is 5.41 Å². The molecule has 136 valence electrons. The molecule has 0 saturated heterocycles. The average Bonchev–Trinajstić information content (AvgIpc) is 3.05. The first-order valence-electron chi connectivity index (χ1n) is 8.53. The molecule has 25 heavy (non-hydrogen) atoms. The van der Waals surface area contributed by atoms with Gasteiger partial charge in [-0.2, -0.15) is 0 Å². The zero-order chi connectivity index (χ0) is 18.3. The first-order valence-corrected chi connectivity index (χ1v) is 9.33. The van der Waals surface area contributed by atoms with Crippen molar-refractivity contribution in [2.75, 3.05) is 20.1 Å². The summed E-state index contributed by atoms with van der Waals surface area (Å²) in [4.78, 5) is 4.31. The van der Waals surface area contributed by atoms with E-state index in [0.717, 1.165) is 42.3 Å². The minimum atomic E-state index is -0.00888. The highest BCUT2D eigenvalue weighted by atomic mass is 79.9. The molecule has 2 rings (SSSR count). The lowest BCUT2D eigenvalue weighted by Gasteiger charge is -2.27. The van der Waals surface area contributed by atoms with Crippen LogP contribution in [-0.4, -0.2) is 40.9 Å². The van der Waals surface area contributed by atoms with E-state index >= 15 is 0 Å². The smallest absolute Gasteiger partial charge is 0.191 e. The lowest BCUT2D eigenvalue weighted by atomic mass is 9.85. The van der Waals surface area contributed by atoms with Gasteiger partial charge in [0.15, 0.2) is 5.96 Å². The number of halogens is 1. The number of nitrogens with one attached hydrogen (secondary N) is 2. The molecule has 1 aromatic heterocycles. The molecule has 6 nitrogen and oxygen atoms in total. The van der Waals surface area contributed by atoms with E-state index in [9.17, 15) is 0 Å². The minimum Gasteiger partial charge on any atom is -0.356 e. The Morgan fingerprint density at radius 1 is 1.32 bits per heavy atom. The summed E-state index contributed by atoms with van der Waals surface area (Å²) in [5.41, 5.74) is 1.27. The highest BCUT2D eigenvalue weighted by Gasteiger charge is 2.21. The second-order valence-corrected chi connectivity index (χ2v) is 7.46. The van der Waals surface area contributed by atoms with Crippen LogP contribution in [0.25, 0.3) is 0 Å². The molecule has 1 heterocycles. The Kier molecular flexibility index (Phi) is 6.99. The third kappa shape index (κ3) is 5.56. The molecular formula is C18H27BrN6. The third-order valence-electron chi connectivity index (χ3n) is 4.18. The number of aryl methyl sites for hydroxylation is 1. The van der Waals surface area contributed by atoms with Crippen LogP contribution in [0.15, 0.2) is 40.1 Å². The van der Waals surface area contributed by atoms with Crippen molar-refractivity contribution in [1.82, 2.24) is 25.4 Å². The van der Waals surface area contributed by atoms with Gasteiger partial charge in [0.1, 0.15) is 12.2 Å². The standard InChI is InChI=1S/C18H27BrN6/c1-5-16-24-23-13-25(16)10-9-21-17(20-4)22-12-18(2,3)14-7-6-8-15(19)11-14/h6-8,11,13H,5,9-10,12H2,1-4H3,(H2,20,21,22). The van der Waals surface area contributed by atoms with Gasteiger partial charge in [0, 0.05) is 43.0 Å². The molecule has 0 spiro atoms. The number of nitrogens with zero attached hydrogens (tertiary/aromatic N) is 4. The largest absolute Gasteiger partial charge is 0.356 e. The molecule has 7 heteroatoms. The quantitative estimate of drug-likeness (QED) is 0.547. The van der Waals surface area contributed by atoms with Crippen LogP contribution >= 0.6 is 15.9 Å². The number of benzene rings is 1. The topological polar surface area (TPSA) is 67.1 Å². The molecule has 1 aromatic carbocycles. The number of aliphatic imine (C=N–C) groups is 1. The Bertz CT molecular complexity index is 707. The highest BCUT2D eigenvalue weighted by Crippen LogP contribution is 2.24. The summed E-state index contributed by atoms with van der Waals surface area (Å²) in [5.74, 6) is 1.80. The molecule has 0 aliphatic carbocycles. The summed E-state index contributed by atoms with van der Waals surface area (Å²) in [7, 11) is 1.79. The van der Waals surface area contributed by atoms with Crippen LogP contribution < -0.4 is 10.6 Å². The monoisotopic (exact) mass is 406 g/mol. The van der Waals surface area contributed by atoms with Crippen molar-refractivity contribution in [1.29, 1.82) is 0 Å². The number of guanidine groups is 1. The van der Waals surface area contributed by atoms with Crippen LogP contribution in [0, 0.1) is 0 Å². The Balaban J connectivity index is 1.85. The number of hydrogen-bond donors (Lipinski definition) is 2. The van der Waals surface area contributed by atoms with Gasteiger partial charge < -0.3 is 15.2 Å². The summed E-state index contributed by atoms with van der Waals surface area (Å²) in [5, 5.41) is 14.8. The fourth-order valence-electron chi connectivity index (χ4n) is 2.57. The second-order valence-electron chi connectivity index (χ2n) is 6.54. The van der Waals surface area contributed by atoms with Crippen molar-refractivity contribution in [2.45, 2.75) is 39.2 Å². The van der Waals surface area contributed by atoms with E-state index in [1.807, 2.05) is 6.07 Å². The predicted octanol–water partition coefficient (Wildman–Crippen LogP) is 2.75. The summed E-state index contributed by atoms with van der Waals surface area (Å²) in [6.07, 6.45) is 2.65. The molecule has 0 aliphatic heterocycles. The van der Waals surface area contributed by atoms with Gasteiger partial charge in [-0.25, -0.2) is 0 Å². The van der Waals surface area contributed by atoms with Gasteiger partial charge in [0.25, 0.3) is 0 Å². The van der Waals surface area contributed by atoms with Crippen molar-refractivity contribution in [3.63, 3.8) is 0 Å². The summed E-state index contributed by atoms with van der Waals surface area (Å²) < 4.78 is 3.16. The van der Waals surface area contributed by atoms with Crippen molar-refractivity contribution in [3.05, 3.63) is 46.5 Å². The van der Waals surface area contributed by atoms with E-state index in [2.05, 4.69) is 85.3 Å². The van der Waals surface area contributed by atoms with Gasteiger partial charge in [-0.15, -0.1) is 10.2 Å². The van der Waals surface area contributed by atoms with Crippen LogP contribution in [0.1, 0.15) is 32.2 Å². The first kappa shape index (κ1) is 19.4. The van der Waals surface area contributed by atoms with E-state index in [1.165, 1.54) is 5.56 Å². The molecule has 0 bridgehead atoms. The lowest BCUT2D eigenvalue weighted by molar-refractivity contribution is 0.507. The maximum Gasteiger partial charge on any atom is 0.191 e. The zero-order valence-electron chi connectivity index (χ0n) is 15.4. The average molecular weight is 407 g/mol. The molecule has 0 aliphatic rings. The van der Waals surface area contributed by atoms with E-state index in [4.69, 9.17) is 0 Å². The van der Waals surface area contributed by atoms with Crippen LogP contribution in [0.5, 0.6) is 0 Å². The second kappa shape index (κ2) is 8.99. The first-order chi connectivity index (χ1) is 12.0. The normalized spacial score (nSPS) is 12.3. The van der Waals surface area contributed by atoms with Gasteiger partial charge in [-0.1, -0.05) is 48.8 Å². The number of aromatic nitrogens is 3. The van der Waals surface area contributed by atoms with E-state index < -0.39 is 0 Å². The van der Waals surface area contributed by atoms with E-state index in [1.54, 1.807) is 13.4 Å². The number of hydrogen-bond acceptors (Lipinski definition) is 3. The molecule has 0 radical (unpaired) electrons. The SMILES string of the molecule is CCc1nncn1CCNC(=NC)NCC(C)(C)c1cccc(Br)c1. The maximum atomic E-state index is 4.31. The Morgan fingerprint density at radius 2 is 2.12 bits per heavy atom. The Morgan fingerprint density at radius 3 is 2.80 bits per heavy atom. The Labute approximate surface area is 158 Å². The van der Waals surface area contributed by atoms with Crippen molar-refractivity contribution in [3.8, 4) is 0 Å². The molecule has 2 aromatic rings. The van der Waals surface area contributed by atoms with E-state index in [0.29, 0.717) is 0 Å². The molecule has 0 unspecified atom stereocenters. The zero-order valence-corrected chi connectivity index (χ0v) is 17.0. The van der Waals surface area contributed by atoms with Crippen LogP contribution in [0.2, 0.25) is 0 Å². The molecule has 2 N–H and O–H groups in total. The van der Waals surface area contributed by atoms with Crippen LogP contribution in [-0.2, 0) is 18.4 Å². The third-order valence-corrected chi connectivity index (χ3v) is 4.68. The molecule has 0 atom stereocenters. The molecule has 0 saturated carbocycles. The van der Waals surface area contributed by atoms with Gasteiger partial charge in [-0.05, 0) is 17.7 Å². The highest BCUT2D eigenvalue weighted by molar-refractivity contribution is 9.10. The van der Waals surface area contributed by atoms with Gasteiger partial charge >= 0.3 is 0 Å². The van der Waals surface area contributed by atoms with Crippen molar-refractivity contribution >= 4 is 21.9 Å². The maximum absolute atomic E-state index is 4.31. The van der Waals surface area contributed by atoms with Crippen molar-refractivity contribution < 1.29 is 0 Å². The van der Waals surface area contributed by atoms with Crippen LogP contribution in [0.3, 0.4) is 0 Å². The summed E-state index contributed by atoms with van der Waals surface area (Å²) in [6.45, 7) is 8.89. The molecule has 0 fully saturated rings. The summed E-state index contributed by atoms with van der Waals surface area (Å²) >= 11 is 3.54. The molecule has 0 amide bonds. The molecular weight excluding hydrogens is 380 g/mol. The van der Waals surface area contributed by atoms with Gasteiger partial charge in [0.05, 0.1) is 0 Å². The predicted molar refractivity (Wildman–Crippen MR) is 106 cm³/mol. The lowest BCUT2D eigenvalue weighted by Crippen LogP contribution is -2.44. The fraction of sp³-hybridized carbons (Fsp3) is 0.500. The van der Waals surface area contributed by atoms with Crippen LogP contribution in [0.4, 0.5) is 0 Å². The fourth-order valence-corrected chi connectivity index (χ4v) is 2.97. The minimum absolute atomic E-state index is 0.00888. The van der Waals surface area contributed by atoms with Gasteiger partial charge in [-0.3, -0.25) is 4.99 Å². The van der Waals surface area contributed by atoms with Crippen molar-refractivity contribution in [2.24, 2.45) is 4.99 Å². The van der Waals surface area contributed by atoms with Gasteiger partial charge in [0.2, 0.25) is 0 Å². The Hall–Kier alpha value is -1.89.